The maximum atomic E-state index is 13.8. The maximum Gasteiger partial charge on any atom is 0.220 e. The van der Waals surface area contributed by atoms with E-state index in [-0.39, 0.29) is 17.5 Å². The number of benzene rings is 1. The van der Waals surface area contributed by atoms with Crippen LogP contribution in [0.3, 0.4) is 0 Å². The number of guanidine groups is 1. The largest absolute Gasteiger partial charge is 0.494 e. The number of carbonyl (C=O) groups excluding carboxylic acids is 1. The predicted octanol–water partition coefficient (Wildman–Crippen LogP) is 2.29. The zero-order valence-electron chi connectivity index (χ0n) is 15.8. The Kier molecular flexibility index (Phi) is 7.69. The van der Waals surface area contributed by atoms with Gasteiger partial charge in [-0.05, 0) is 43.9 Å². The summed E-state index contributed by atoms with van der Waals surface area (Å²) in [6.45, 7) is 3.83. The molecule has 0 spiro atoms. The van der Waals surface area contributed by atoms with Crippen molar-refractivity contribution in [2.75, 3.05) is 27.2 Å². The van der Waals surface area contributed by atoms with Crippen LogP contribution in [-0.4, -0.2) is 50.1 Å². The van der Waals surface area contributed by atoms with Crippen molar-refractivity contribution in [1.82, 2.24) is 15.5 Å². The fourth-order valence-corrected chi connectivity index (χ4v) is 2.58. The van der Waals surface area contributed by atoms with Gasteiger partial charge in [0.05, 0.1) is 7.11 Å². The van der Waals surface area contributed by atoms with Crippen LogP contribution in [0, 0.1) is 5.82 Å². The summed E-state index contributed by atoms with van der Waals surface area (Å²) in [5.74, 6) is 0.713. The third-order valence-electron chi connectivity index (χ3n) is 4.10. The third kappa shape index (κ3) is 6.54. The van der Waals surface area contributed by atoms with Crippen molar-refractivity contribution < 1.29 is 13.9 Å². The summed E-state index contributed by atoms with van der Waals surface area (Å²) in [6.07, 6.45) is 3.40. The van der Waals surface area contributed by atoms with Gasteiger partial charge < -0.3 is 20.3 Å². The van der Waals surface area contributed by atoms with E-state index in [0.29, 0.717) is 32.0 Å². The summed E-state index contributed by atoms with van der Waals surface area (Å²) < 4.78 is 18.8. The zero-order valence-corrected chi connectivity index (χ0v) is 15.8. The lowest BCUT2D eigenvalue weighted by molar-refractivity contribution is -0.121. The number of carbonyl (C=O) groups is 1. The van der Waals surface area contributed by atoms with Gasteiger partial charge in [0.1, 0.15) is 0 Å². The molecule has 1 aliphatic carbocycles. The molecule has 0 heterocycles. The predicted molar refractivity (Wildman–Crippen MR) is 101 cm³/mol. The van der Waals surface area contributed by atoms with Gasteiger partial charge in [0.15, 0.2) is 17.5 Å². The van der Waals surface area contributed by atoms with Crippen LogP contribution in [0.15, 0.2) is 23.2 Å². The summed E-state index contributed by atoms with van der Waals surface area (Å²) in [6, 6.07) is 5.34. The van der Waals surface area contributed by atoms with Crippen molar-refractivity contribution in [2.45, 2.75) is 45.2 Å². The second-order valence-electron chi connectivity index (χ2n) is 6.51. The van der Waals surface area contributed by atoms with E-state index in [2.05, 4.69) is 15.6 Å². The molecule has 26 heavy (non-hydrogen) atoms. The summed E-state index contributed by atoms with van der Waals surface area (Å²) in [7, 11) is 3.36. The van der Waals surface area contributed by atoms with Gasteiger partial charge in [-0.15, -0.1) is 0 Å². The summed E-state index contributed by atoms with van der Waals surface area (Å²) in [5.41, 5.74) is 0.834. The van der Waals surface area contributed by atoms with Crippen LogP contribution < -0.4 is 15.4 Å². The van der Waals surface area contributed by atoms with Crippen LogP contribution >= 0.6 is 0 Å². The van der Waals surface area contributed by atoms with Crippen molar-refractivity contribution >= 4 is 11.9 Å². The number of ether oxygens (including phenoxy) is 1. The molecule has 0 aliphatic heterocycles. The Morgan fingerprint density at radius 3 is 2.81 bits per heavy atom. The first kappa shape index (κ1) is 20.0. The van der Waals surface area contributed by atoms with E-state index in [1.165, 1.54) is 13.2 Å². The van der Waals surface area contributed by atoms with Gasteiger partial charge in [0, 0.05) is 39.1 Å². The number of aliphatic imine (C=N–C) groups is 1. The molecule has 1 amide bonds. The lowest BCUT2D eigenvalue weighted by Gasteiger charge is -2.22. The lowest BCUT2D eigenvalue weighted by Crippen LogP contribution is -2.38. The van der Waals surface area contributed by atoms with Gasteiger partial charge in [-0.3, -0.25) is 9.79 Å². The van der Waals surface area contributed by atoms with E-state index < -0.39 is 0 Å². The van der Waals surface area contributed by atoms with Gasteiger partial charge in [-0.25, -0.2) is 4.39 Å². The molecular weight excluding hydrogens is 335 g/mol. The van der Waals surface area contributed by atoms with E-state index in [1.807, 2.05) is 24.9 Å². The van der Waals surface area contributed by atoms with E-state index in [0.717, 1.165) is 30.9 Å². The fraction of sp³-hybridized carbons (Fsp3) is 0.579. The number of nitrogens with one attached hydrogen (secondary N) is 2. The quantitative estimate of drug-likeness (QED) is 0.401. The SMILES string of the molecule is CCNC(=NCCCC(=O)NC1CC1)N(C)Cc1ccc(OC)c(F)c1. The van der Waals surface area contributed by atoms with E-state index in [4.69, 9.17) is 4.74 Å². The second-order valence-corrected chi connectivity index (χ2v) is 6.51. The summed E-state index contributed by atoms with van der Waals surface area (Å²) >= 11 is 0. The fourth-order valence-electron chi connectivity index (χ4n) is 2.58. The van der Waals surface area contributed by atoms with Crippen molar-refractivity contribution in [2.24, 2.45) is 4.99 Å². The molecular formula is C19H29FN4O2. The average Bonchev–Trinajstić information content (AvgIpc) is 3.41. The Morgan fingerprint density at radius 2 is 2.19 bits per heavy atom. The van der Waals surface area contributed by atoms with Gasteiger partial charge >= 0.3 is 0 Å². The third-order valence-corrected chi connectivity index (χ3v) is 4.10. The standard InChI is InChI=1S/C19H29FN4O2/c1-4-21-19(22-11-5-6-18(25)23-15-8-9-15)24(2)13-14-7-10-17(26-3)16(20)12-14/h7,10,12,15H,4-6,8-9,11,13H2,1-3H3,(H,21,22)(H,23,25). The highest BCUT2D eigenvalue weighted by atomic mass is 19.1. The number of halogens is 1. The second kappa shape index (κ2) is 9.99. The number of rotatable bonds is 9. The van der Waals surface area contributed by atoms with Gasteiger partial charge in [0.25, 0.3) is 0 Å². The van der Waals surface area contributed by atoms with Crippen molar-refractivity contribution in [1.29, 1.82) is 0 Å². The number of hydrogen-bond donors (Lipinski definition) is 2. The molecule has 7 heteroatoms. The summed E-state index contributed by atoms with van der Waals surface area (Å²) in [5, 5.41) is 6.21. The molecule has 6 nitrogen and oxygen atoms in total. The molecule has 1 aliphatic rings. The van der Waals surface area contributed by atoms with Crippen LogP contribution in [0.5, 0.6) is 5.75 Å². The van der Waals surface area contributed by atoms with Crippen molar-refractivity contribution in [3.8, 4) is 5.75 Å². The Morgan fingerprint density at radius 1 is 1.42 bits per heavy atom. The van der Waals surface area contributed by atoms with Gasteiger partial charge in [0.2, 0.25) is 5.91 Å². The van der Waals surface area contributed by atoms with E-state index in [9.17, 15) is 9.18 Å². The molecule has 1 aromatic rings. The molecule has 2 rings (SSSR count). The number of hydrogen-bond acceptors (Lipinski definition) is 3. The van der Waals surface area contributed by atoms with Gasteiger partial charge in [-0.2, -0.15) is 0 Å². The number of amides is 1. The van der Waals surface area contributed by atoms with E-state index in [1.54, 1.807) is 6.07 Å². The molecule has 1 aromatic carbocycles. The summed E-state index contributed by atoms with van der Waals surface area (Å²) in [4.78, 5) is 18.2. The monoisotopic (exact) mass is 364 g/mol. The molecule has 144 valence electrons. The van der Waals surface area contributed by atoms with Crippen LogP contribution in [0.2, 0.25) is 0 Å². The number of methoxy groups -OCH3 is 1. The Hall–Kier alpha value is -2.31. The first-order chi connectivity index (χ1) is 12.5. The molecule has 0 saturated heterocycles. The minimum absolute atomic E-state index is 0.106. The Bertz CT molecular complexity index is 632. The topological polar surface area (TPSA) is 66.0 Å². The van der Waals surface area contributed by atoms with Crippen LogP contribution in [0.25, 0.3) is 0 Å². The first-order valence-electron chi connectivity index (χ1n) is 9.14. The molecule has 0 aromatic heterocycles. The van der Waals surface area contributed by atoms with Crippen molar-refractivity contribution in [3.63, 3.8) is 0 Å². The van der Waals surface area contributed by atoms with Crippen LogP contribution in [0.4, 0.5) is 4.39 Å². The zero-order chi connectivity index (χ0) is 18.9. The Labute approximate surface area is 154 Å². The lowest BCUT2D eigenvalue weighted by atomic mass is 10.2. The molecule has 2 N–H and O–H groups in total. The Balaban J connectivity index is 1.85. The van der Waals surface area contributed by atoms with E-state index >= 15 is 0 Å². The molecule has 0 bridgehead atoms. The highest BCUT2D eigenvalue weighted by molar-refractivity contribution is 5.80. The first-order valence-corrected chi connectivity index (χ1v) is 9.14. The molecule has 0 radical (unpaired) electrons. The number of nitrogens with zero attached hydrogens (tertiary/aromatic N) is 2. The minimum atomic E-state index is -0.373. The highest BCUT2D eigenvalue weighted by Crippen LogP contribution is 2.19. The minimum Gasteiger partial charge on any atom is -0.494 e. The van der Waals surface area contributed by atoms with Gasteiger partial charge in [-0.1, -0.05) is 6.07 Å². The molecule has 1 saturated carbocycles. The average molecular weight is 364 g/mol. The normalized spacial score (nSPS) is 14.1. The highest BCUT2D eigenvalue weighted by Gasteiger charge is 2.22. The molecule has 1 fully saturated rings. The molecule has 0 unspecified atom stereocenters. The maximum absolute atomic E-state index is 13.8. The van der Waals surface area contributed by atoms with Crippen LogP contribution in [0.1, 0.15) is 38.2 Å². The molecule has 0 atom stereocenters. The smallest absolute Gasteiger partial charge is 0.220 e. The van der Waals surface area contributed by atoms with Crippen LogP contribution in [-0.2, 0) is 11.3 Å². The van der Waals surface area contributed by atoms with Crippen molar-refractivity contribution in [3.05, 3.63) is 29.6 Å².